The van der Waals surface area contributed by atoms with Crippen LogP contribution in [0.3, 0.4) is 0 Å². The van der Waals surface area contributed by atoms with Crippen molar-refractivity contribution in [1.82, 2.24) is 15.1 Å². The Balaban J connectivity index is 1.25. The summed E-state index contributed by atoms with van der Waals surface area (Å²) in [6.07, 6.45) is 8.14. The van der Waals surface area contributed by atoms with Gasteiger partial charge in [-0.1, -0.05) is 44.2 Å². The number of rotatable bonds is 8. The van der Waals surface area contributed by atoms with Gasteiger partial charge >= 0.3 is 0 Å². The highest BCUT2D eigenvalue weighted by Crippen LogP contribution is 2.53. The van der Waals surface area contributed by atoms with Crippen molar-refractivity contribution in [3.8, 4) is 11.5 Å². The van der Waals surface area contributed by atoms with Gasteiger partial charge in [0.15, 0.2) is 11.5 Å². The van der Waals surface area contributed by atoms with Crippen LogP contribution in [0.5, 0.6) is 11.5 Å². The highest BCUT2D eigenvalue weighted by molar-refractivity contribution is 5.43. The third kappa shape index (κ3) is 5.15. The Kier molecular flexibility index (Phi) is 7.22. The van der Waals surface area contributed by atoms with E-state index in [9.17, 15) is 0 Å². The van der Waals surface area contributed by atoms with E-state index in [-0.39, 0.29) is 0 Å². The lowest BCUT2D eigenvalue weighted by Gasteiger charge is -2.60. The fourth-order valence-electron chi connectivity index (χ4n) is 7.23. The topological polar surface area (TPSA) is 37.0 Å². The second-order valence-corrected chi connectivity index (χ2v) is 12.2. The predicted molar refractivity (Wildman–Crippen MR) is 149 cm³/mol. The standard InChI is InChI=1S/C32H45N3O2/c1-23(2)26-6-4-5-7-27(26)28-22-34(18-19-35(28)31-12-13-32(31)14-16-33-17-15-32)21-24-8-11-29(36-3)30(20-24)37-25-9-10-25/h4-8,11,20,23,25,28,31,33H,9-10,12-19,21-22H2,1-3H3. The molecule has 200 valence electrons. The molecule has 2 aromatic rings. The molecule has 2 aromatic carbocycles. The van der Waals surface area contributed by atoms with Gasteiger partial charge in [0.05, 0.1) is 13.2 Å². The number of ether oxygens (including phenoxy) is 2. The quantitative estimate of drug-likeness (QED) is 0.496. The average Bonchev–Trinajstić information content (AvgIpc) is 3.73. The smallest absolute Gasteiger partial charge is 0.161 e. The Bertz CT molecular complexity index is 1080. The lowest BCUT2D eigenvalue weighted by molar-refractivity contribution is -0.0905. The van der Waals surface area contributed by atoms with Gasteiger partial charge in [-0.2, -0.15) is 0 Å². The zero-order chi connectivity index (χ0) is 25.4. The molecule has 6 rings (SSSR count). The summed E-state index contributed by atoms with van der Waals surface area (Å²) in [6, 6.07) is 17.0. The second kappa shape index (κ2) is 10.6. The Morgan fingerprint density at radius 3 is 2.49 bits per heavy atom. The molecule has 1 spiro atoms. The average molecular weight is 504 g/mol. The van der Waals surface area contributed by atoms with Gasteiger partial charge in [0.25, 0.3) is 0 Å². The summed E-state index contributed by atoms with van der Waals surface area (Å²) in [4.78, 5) is 5.61. The van der Waals surface area contributed by atoms with Crippen molar-refractivity contribution in [3.05, 3.63) is 59.2 Å². The van der Waals surface area contributed by atoms with Crippen LogP contribution in [0, 0.1) is 5.41 Å². The van der Waals surface area contributed by atoms with Crippen LogP contribution in [0.2, 0.25) is 0 Å². The molecule has 2 atom stereocenters. The van der Waals surface area contributed by atoms with Crippen molar-refractivity contribution in [1.29, 1.82) is 0 Å². The van der Waals surface area contributed by atoms with Gasteiger partial charge in [-0.3, -0.25) is 9.80 Å². The summed E-state index contributed by atoms with van der Waals surface area (Å²) in [6.45, 7) is 11.4. The van der Waals surface area contributed by atoms with E-state index in [4.69, 9.17) is 9.47 Å². The Morgan fingerprint density at radius 1 is 0.973 bits per heavy atom. The van der Waals surface area contributed by atoms with Crippen LogP contribution in [0.1, 0.15) is 81.0 Å². The number of benzene rings is 2. The van der Waals surface area contributed by atoms with Gasteiger partial charge in [0.1, 0.15) is 0 Å². The number of methoxy groups -OCH3 is 1. The number of piperidine rings is 1. The monoisotopic (exact) mass is 503 g/mol. The van der Waals surface area contributed by atoms with E-state index in [0.29, 0.717) is 23.5 Å². The normalized spacial score (nSPS) is 26.3. The summed E-state index contributed by atoms with van der Waals surface area (Å²) >= 11 is 0. The molecular weight excluding hydrogens is 458 g/mol. The summed E-state index contributed by atoms with van der Waals surface area (Å²) in [7, 11) is 1.74. The third-order valence-corrected chi connectivity index (χ3v) is 9.56. The van der Waals surface area contributed by atoms with Gasteiger partial charge < -0.3 is 14.8 Å². The minimum Gasteiger partial charge on any atom is -0.493 e. The molecule has 2 saturated carbocycles. The number of piperazine rings is 1. The Morgan fingerprint density at radius 2 is 1.78 bits per heavy atom. The molecule has 0 aromatic heterocycles. The van der Waals surface area contributed by atoms with Crippen LogP contribution in [0.4, 0.5) is 0 Å². The largest absolute Gasteiger partial charge is 0.493 e. The predicted octanol–water partition coefficient (Wildman–Crippen LogP) is 5.75. The molecule has 2 aliphatic carbocycles. The van der Waals surface area contributed by atoms with Crippen LogP contribution in [-0.4, -0.2) is 61.8 Å². The molecule has 37 heavy (non-hydrogen) atoms. The maximum atomic E-state index is 6.19. The molecule has 2 unspecified atom stereocenters. The number of hydrogen-bond donors (Lipinski definition) is 1. The zero-order valence-electron chi connectivity index (χ0n) is 23.0. The molecule has 1 N–H and O–H groups in total. The first-order chi connectivity index (χ1) is 18.1. The van der Waals surface area contributed by atoms with Gasteiger partial charge in [0.2, 0.25) is 0 Å². The molecule has 2 aliphatic heterocycles. The minimum atomic E-state index is 0.370. The lowest BCUT2D eigenvalue weighted by Crippen LogP contribution is -2.63. The zero-order valence-corrected chi connectivity index (χ0v) is 23.0. The van der Waals surface area contributed by atoms with E-state index in [1.807, 2.05) is 0 Å². The number of hydrogen-bond acceptors (Lipinski definition) is 5. The van der Waals surface area contributed by atoms with Crippen molar-refractivity contribution in [3.63, 3.8) is 0 Å². The number of nitrogens with zero attached hydrogens (tertiary/aromatic N) is 2. The second-order valence-electron chi connectivity index (χ2n) is 12.2. The van der Waals surface area contributed by atoms with Gasteiger partial charge in [0, 0.05) is 38.3 Å². The van der Waals surface area contributed by atoms with Crippen molar-refractivity contribution in [2.45, 2.75) is 83.0 Å². The molecule has 4 fully saturated rings. The highest BCUT2D eigenvalue weighted by atomic mass is 16.5. The van der Waals surface area contributed by atoms with E-state index < -0.39 is 0 Å². The Labute approximate surface area is 223 Å². The first kappa shape index (κ1) is 25.2. The fraction of sp³-hybridized carbons (Fsp3) is 0.625. The molecule has 5 heteroatoms. The van der Waals surface area contributed by atoms with Crippen molar-refractivity contribution in [2.75, 3.05) is 39.8 Å². The molecular formula is C32H45N3O2. The van der Waals surface area contributed by atoms with E-state index in [2.05, 4.69) is 71.4 Å². The third-order valence-electron chi connectivity index (χ3n) is 9.56. The van der Waals surface area contributed by atoms with Gasteiger partial charge in [-0.05, 0) is 91.8 Å². The van der Waals surface area contributed by atoms with Crippen LogP contribution in [0.25, 0.3) is 0 Å². The van der Waals surface area contributed by atoms with Crippen LogP contribution < -0.4 is 14.8 Å². The molecule has 0 amide bonds. The van der Waals surface area contributed by atoms with Crippen molar-refractivity contribution < 1.29 is 9.47 Å². The summed E-state index contributed by atoms with van der Waals surface area (Å²) in [5.74, 6) is 2.29. The first-order valence-electron chi connectivity index (χ1n) is 14.7. The molecule has 0 radical (unpaired) electrons. The van der Waals surface area contributed by atoms with Gasteiger partial charge in [-0.25, -0.2) is 0 Å². The molecule has 2 heterocycles. The molecule has 4 aliphatic rings. The summed E-state index contributed by atoms with van der Waals surface area (Å²) < 4.78 is 11.8. The molecule has 0 bridgehead atoms. The maximum Gasteiger partial charge on any atom is 0.161 e. The minimum absolute atomic E-state index is 0.370. The Hall–Kier alpha value is -2.08. The van der Waals surface area contributed by atoms with E-state index in [1.165, 1.54) is 49.9 Å². The molecule has 5 nitrogen and oxygen atoms in total. The summed E-state index contributed by atoms with van der Waals surface area (Å²) in [5, 5.41) is 3.62. The fourth-order valence-corrected chi connectivity index (χ4v) is 7.23. The lowest BCUT2D eigenvalue weighted by atomic mass is 9.58. The highest BCUT2D eigenvalue weighted by Gasteiger charge is 2.51. The molecule has 2 saturated heterocycles. The van der Waals surface area contributed by atoms with E-state index in [0.717, 1.165) is 56.6 Å². The summed E-state index contributed by atoms with van der Waals surface area (Å²) in [5.41, 5.74) is 4.91. The maximum absolute atomic E-state index is 6.19. The van der Waals surface area contributed by atoms with E-state index in [1.54, 1.807) is 12.7 Å². The first-order valence-corrected chi connectivity index (χ1v) is 14.7. The van der Waals surface area contributed by atoms with Crippen molar-refractivity contribution >= 4 is 0 Å². The van der Waals surface area contributed by atoms with Crippen LogP contribution in [-0.2, 0) is 6.54 Å². The van der Waals surface area contributed by atoms with Gasteiger partial charge in [-0.15, -0.1) is 0 Å². The number of nitrogens with one attached hydrogen (secondary N) is 1. The van der Waals surface area contributed by atoms with Crippen molar-refractivity contribution in [2.24, 2.45) is 5.41 Å². The SMILES string of the molecule is COc1ccc(CN2CCN(C3CCC34CCNCC4)C(c3ccccc3C(C)C)C2)cc1OC1CC1. The van der Waals surface area contributed by atoms with Crippen LogP contribution >= 0.6 is 0 Å². The van der Waals surface area contributed by atoms with E-state index >= 15 is 0 Å². The van der Waals surface area contributed by atoms with Crippen LogP contribution in [0.15, 0.2) is 42.5 Å².